The minimum Gasteiger partial charge on any atom is -0.375 e. The Bertz CT molecular complexity index is 1130. The van der Waals surface area contributed by atoms with Crippen molar-refractivity contribution in [2.75, 3.05) is 29.3 Å². The molecule has 4 rings (SSSR count). The van der Waals surface area contributed by atoms with Crippen molar-refractivity contribution in [3.8, 4) is 0 Å². The van der Waals surface area contributed by atoms with Crippen molar-refractivity contribution in [2.24, 2.45) is 5.73 Å². The molecule has 9 nitrogen and oxygen atoms in total. The van der Waals surface area contributed by atoms with Gasteiger partial charge in [-0.15, -0.1) is 0 Å². The van der Waals surface area contributed by atoms with Gasteiger partial charge in [0.25, 0.3) is 11.8 Å². The van der Waals surface area contributed by atoms with E-state index in [-0.39, 0.29) is 24.1 Å². The molecular weight excluding hydrogens is 420 g/mol. The summed E-state index contributed by atoms with van der Waals surface area (Å²) in [6.07, 6.45) is 3.34. The molecule has 1 heterocycles. The monoisotopic (exact) mass is 446 g/mol. The molecule has 1 aromatic heterocycles. The third-order valence-corrected chi connectivity index (χ3v) is 5.19. The molecule has 33 heavy (non-hydrogen) atoms. The standard InChI is InChI=1S/C24H26N6O3/c1-33-15-21(31)30(18-10-11-18)19-9-5-8-17(12-19)28-24-27-14-20(22(25)32)23(29-24)26-13-16-6-3-2-4-7-16/h2-9,12,14,18H,10-11,13,15H2,1H3,(H2,25,32)(H2,26,27,28,29). The van der Waals surface area contributed by atoms with E-state index in [1.54, 1.807) is 4.90 Å². The Hall–Kier alpha value is -3.98. The van der Waals surface area contributed by atoms with Gasteiger partial charge in [0.15, 0.2) is 0 Å². The number of nitrogens with zero attached hydrogens (tertiary/aromatic N) is 3. The van der Waals surface area contributed by atoms with Crippen molar-refractivity contribution in [2.45, 2.75) is 25.4 Å². The lowest BCUT2D eigenvalue weighted by Crippen LogP contribution is -2.35. The first kappa shape index (κ1) is 22.2. The lowest BCUT2D eigenvalue weighted by Gasteiger charge is -2.23. The van der Waals surface area contributed by atoms with Gasteiger partial charge in [-0.3, -0.25) is 9.59 Å². The van der Waals surface area contributed by atoms with Crippen LogP contribution in [-0.4, -0.2) is 41.5 Å². The second-order valence-electron chi connectivity index (χ2n) is 7.76. The van der Waals surface area contributed by atoms with E-state index in [2.05, 4.69) is 20.6 Å². The van der Waals surface area contributed by atoms with Gasteiger partial charge in [-0.2, -0.15) is 4.98 Å². The van der Waals surface area contributed by atoms with Gasteiger partial charge >= 0.3 is 0 Å². The van der Waals surface area contributed by atoms with Crippen LogP contribution in [0.3, 0.4) is 0 Å². The lowest BCUT2D eigenvalue weighted by molar-refractivity contribution is -0.122. The molecular formula is C24H26N6O3. The average Bonchev–Trinajstić information content (AvgIpc) is 3.64. The predicted octanol–water partition coefficient (Wildman–Crippen LogP) is 3.07. The zero-order valence-corrected chi connectivity index (χ0v) is 18.3. The van der Waals surface area contributed by atoms with Crippen LogP contribution in [0.15, 0.2) is 60.8 Å². The number of benzene rings is 2. The Balaban J connectivity index is 1.54. The summed E-state index contributed by atoms with van der Waals surface area (Å²) in [5.74, 6) is -0.0498. The number of nitrogens with two attached hydrogens (primary N) is 1. The minimum absolute atomic E-state index is 0.0301. The molecule has 2 amide bonds. The fraction of sp³-hybridized carbons (Fsp3) is 0.250. The number of aromatic nitrogens is 2. The first-order valence-corrected chi connectivity index (χ1v) is 10.7. The van der Waals surface area contributed by atoms with E-state index in [0.29, 0.717) is 24.0 Å². The van der Waals surface area contributed by atoms with Crippen molar-refractivity contribution in [1.29, 1.82) is 0 Å². The van der Waals surface area contributed by atoms with E-state index in [9.17, 15) is 9.59 Å². The van der Waals surface area contributed by atoms with Gasteiger partial charge in [-0.25, -0.2) is 4.98 Å². The first-order chi connectivity index (χ1) is 16.0. The molecule has 1 saturated carbocycles. The van der Waals surface area contributed by atoms with Crippen LogP contribution in [0.4, 0.5) is 23.1 Å². The predicted molar refractivity (Wildman–Crippen MR) is 126 cm³/mol. The normalized spacial score (nSPS) is 12.8. The second-order valence-corrected chi connectivity index (χ2v) is 7.76. The summed E-state index contributed by atoms with van der Waals surface area (Å²) in [7, 11) is 1.51. The van der Waals surface area contributed by atoms with Gasteiger partial charge < -0.3 is 26.0 Å². The summed E-state index contributed by atoms with van der Waals surface area (Å²) in [4.78, 5) is 34.8. The number of primary amides is 1. The van der Waals surface area contributed by atoms with Crippen LogP contribution >= 0.6 is 0 Å². The highest BCUT2D eigenvalue weighted by molar-refractivity contribution is 5.97. The Morgan fingerprint density at radius 3 is 2.64 bits per heavy atom. The molecule has 0 bridgehead atoms. The molecule has 0 atom stereocenters. The average molecular weight is 447 g/mol. The van der Waals surface area contributed by atoms with Gasteiger partial charge in [-0.05, 0) is 36.6 Å². The van der Waals surface area contributed by atoms with Crippen LogP contribution in [-0.2, 0) is 16.1 Å². The molecule has 0 unspecified atom stereocenters. The lowest BCUT2D eigenvalue weighted by atomic mass is 10.2. The van der Waals surface area contributed by atoms with Crippen molar-refractivity contribution in [1.82, 2.24) is 9.97 Å². The summed E-state index contributed by atoms with van der Waals surface area (Å²) < 4.78 is 5.04. The summed E-state index contributed by atoms with van der Waals surface area (Å²) in [6.45, 7) is 0.507. The highest BCUT2D eigenvalue weighted by atomic mass is 16.5. The number of amides is 2. The van der Waals surface area contributed by atoms with E-state index < -0.39 is 5.91 Å². The van der Waals surface area contributed by atoms with Crippen LogP contribution in [0.2, 0.25) is 0 Å². The Labute approximate surface area is 192 Å². The number of anilines is 4. The van der Waals surface area contributed by atoms with Crippen molar-refractivity contribution in [3.05, 3.63) is 71.9 Å². The van der Waals surface area contributed by atoms with E-state index in [1.807, 2.05) is 54.6 Å². The number of rotatable bonds is 10. The number of ether oxygens (including phenoxy) is 1. The number of hydrogen-bond donors (Lipinski definition) is 3. The van der Waals surface area contributed by atoms with E-state index >= 15 is 0 Å². The second kappa shape index (κ2) is 10.1. The van der Waals surface area contributed by atoms with E-state index in [0.717, 1.165) is 24.1 Å². The van der Waals surface area contributed by atoms with Gasteiger partial charge in [0.1, 0.15) is 12.4 Å². The van der Waals surface area contributed by atoms with Crippen LogP contribution < -0.4 is 21.3 Å². The molecule has 1 fully saturated rings. The summed E-state index contributed by atoms with van der Waals surface area (Å²) >= 11 is 0. The third kappa shape index (κ3) is 5.64. The van der Waals surface area contributed by atoms with Gasteiger partial charge in [0.2, 0.25) is 5.95 Å². The molecule has 0 spiro atoms. The summed E-state index contributed by atoms with van der Waals surface area (Å²) in [6, 6.07) is 17.4. The van der Waals surface area contributed by atoms with Crippen LogP contribution in [0.1, 0.15) is 28.8 Å². The maximum Gasteiger partial charge on any atom is 0.254 e. The number of carbonyl (C=O) groups excluding carboxylic acids is 2. The van der Waals surface area contributed by atoms with Crippen LogP contribution in [0.5, 0.6) is 0 Å². The number of carbonyl (C=O) groups is 2. The Morgan fingerprint density at radius 2 is 1.94 bits per heavy atom. The van der Waals surface area contributed by atoms with Crippen molar-refractivity contribution in [3.63, 3.8) is 0 Å². The molecule has 4 N–H and O–H groups in total. The molecule has 3 aromatic rings. The minimum atomic E-state index is -0.615. The number of methoxy groups -OCH3 is 1. The maximum atomic E-state index is 12.5. The van der Waals surface area contributed by atoms with E-state index in [1.165, 1.54) is 13.3 Å². The van der Waals surface area contributed by atoms with E-state index in [4.69, 9.17) is 10.5 Å². The summed E-state index contributed by atoms with van der Waals surface area (Å²) in [5, 5.41) is 6.31. The number of nitrogens with one attached hydrogen (secondary N) is 2. The van der Waals surface area contributed by atoms with Crippen molar-refractivity contribution < 1.29 is 14.3 Å². The van der Waals surface area contributed by atoms with Crippen molar-refractivity contribution >= 4 is 35.0 Å². The Kier molecular flexibility index (Phi) is 6.80. The molecule has 1 aliphatic rings. The smallest absolute Gasteiger partial charge is 0.254 e. The zero-order chi connectivity index (χ0) is 23.2. The molecule has 0 aliphatic heterocycles. The molecule has 0 saturated heterocycles. The zero-order valence-electron chi connectivity index (χ0n) is 18.3. The molecule has 170 valence electrons. The summed E-state index contributed by atoms with van der Waals surface area (Å²) in [5.41, 5.74) is 8.23. The SMILES string of the molecule is COCC(=O)N(c1cccc(Nc2ncc(C(N)=O)c(NCc3ccccc3)n2)c1)C1CC1. The largest absolute Gasteiger partial charge is 0.375 e. The maximum absolute atomic E-state index is 12.5. The first-order valence-electron chi connectivity index (χ1n) is 10.7. The highest BCUT2D eigenvalue weighted by Crippen LogP contribution is 2.33. The van der Waals surface area contributed by atoms with Gasteiger partial charge in [0.05, 0.1) is 5.56 Å². The Morgan fingerprint density at radius 1 is 1.15 bits per heavy atom. The third-order valence-electron chi connectivity index (χ3n) is 5.19. The molecule has 9 heteroatoms. The molecule has 0 radical (unpaired) electrons. The highest BCUT2D eigenvalue weighted by Gasteiger charge is 2.33. The van der Waals surface area contributed by atoms with Crippen LogP contribution in [0.25, 0.3) is 0 Å². The number of hydrogen-bond acceptors (Lipinski definition) is 7. The van der Waals surface area contributed by atoms with Crippen LogP contribution in [0, 0.1) is 0 Å². The molecule has 1 aliphatic carbocycles. The fourth-order valence-electron chi connectivity index (χ4n) is 3.49. The fourth-order valence-corrected chi connectivity index (χ4v) is 3.49. The topological polar surface area (TPSA) is 122 Å². The van der Waals surface area contributed by atoms with Gasteiger partial charge in [0, 0.05) is 37.3 Å². The quantitative estimate of drug-likeness (QED) is 0.437. The van der Waals surface area contributed by atoms with Gasteiger partial charge in [-0.1, -0.05) is 36.4 Å². The molecule has 2 aromatic carbocycles.